The smallest absolute Gasteiger partial charge is 0.322 e. The zero-order chi connectivity index (χ0) is 25.3. The van der Waals surface area contributed by atoms with Crippen LogP contribution in [0.2, 0.25) is 0 Å². The summed E-state index contributed by atoms with van der Waals surface area (Å²) in [5.74, 6) is -0.0400. The van der Waals surface area contributed by atoms with E-state index in [1.165, 1.54) is 16.9 Å². The predicted molar refractivity (Wildman–Crippen MR) is 146 cm³/mol. The molecular formula is C28H33N5O2S. The lowest BCUT2D eigenvalue weighted by Gasteiger charge is -2.33. The first-order valence-electron chi connectivity index (χ1n) is 12.3. The monoisotopic (exact) mass is 503 g/mol. The molecule has 8 heteroatoms. The Balaban J connectivity index is 1.28. The Morgan fingerprint density at radius 1 is 1.03 bits per heavy atom. The maximum absolute atomic E-state index is 13.1. The predicted octanol–water partition coefficient (Wildman–Crippen LogP) is 5.06. The van der Waals surface area contributed by atoms with Gasteiger partial charge in [0.1, 0.15) is 10.7 Å². The largest absolute Gasteiger partial charge is 0.335 e. The van der Waals surface area contributed by atoms with Crippen LogP contribution in [-0.2, 0) is 6.54 Å². The van der Waals surface area contributed by atoms with Crippen LogP contribution in [-0.4, -0.2) is 70.4 Å². The number of rotatable bonds is 8. The third-order valence-corrected chi connectivity index (χ3v) is 6.95. The van der Waals surface area contributed by atoms with Gasteiger partial charge in [-0.05, 0) is 31.5 Å². The number of carbonyl (C=O) groups excluding carboxylic acids is 2. The van der Waals surface area contributed by atoms with Gasteiger partial charge in [0, 0.05) is 49.8 Å². The molecule has 0 radical (unpaired) electrons. The van der Waals surface area contributed by atoms with E-state index in [9.17, 15) is 9.59 Å². The average Bonchev–Trinajstić information content (AvgIpc) is 3.37. The summed E-state index contributed by atoms with van der Waals surface area (Å²) in [5.41, 5.74) is 2.40. The number of amides is 3. The summed E-state index contributed by atoms with van der Waals surface area (Å²) in [6.07, 6.45) is 4.31. The molecule has 3 amide bonds. The van der Waals surface area contributed by atoms with Crippen LogP contribution < -0.4 is 5.32 Å². The molecule has 188 valence electrons. The Hall–Kier alpha value is -3.49. The van der Waals surface area contributed by atoms with E-state index < -0.39 is 0 Å². The Morgan fingerprint density at radius 2 is 1.69 bits per heavy atom. The molecule has 1 fully saturated rings. The number of nitrogens with zero attached hydrogens (tertiary/aromatic N) is 4. The zero-order valence-corrected chi connectivity index (χ0v) is 21.7. The summed E-state index contributed by atoms with van der Waals surface area (Å²) >= 11 is 1.42. The number of aromatic nitrogens is 1. The molecule has 1 saturated heterocycles. The van der Waals surface area contributed by atoms with Crippen molar-refractivity contribution in [2.24, 2.45) is 0 Å². The fraction of sp³-hybridized carbons (Fsp3) is 0.321. The molecule has 2 aromatic carbocycles. The highest BCUT2D eigenvalue weighted by Gasteiger charge is 2.25. The number of piperazine rings is 1. The quantitative estimate of drug-likeness (QED) is 0.467. The van der Waals surface area contributed by atoms with Gasteiger partial charge in [-0.15, -0.1) is 11.3 Å². The number of nitrogens with one attached hydrogen (secondary N) is 1. The molecule has 7 nitrogen and oxygen atoms in total. The van der Waals surface area contributed by atoms with Gasteiger partial charge in [0.25, 0.3) is 5.91 Å². The van der Waals surface area contributed by atoms with Crippen LogP contribution in [0.5, 0.6) is 0 Å². The SMILES string of the molecule is CC(C)N(Cc1nc(C(=O)N2CCN(CC=Cc3ccccc3)CC2)cs1)C(=O)Nc1ccccc1. The third kappa shape index (κ3) is 7.02. The summed E-state index contributed by atoms with van der Waals surface area (Å²) < 4.78 is 0. The molecule has 1 N–H and O–H groups in total. The number of hydrogen-bond donors (Lipinski definition) is 1. The minimum absolute atomic E-state index is 0.0132. The summed E-state index contributed by atoms with van der Waals surface area (Å²) in [7, 11) is 0. The van der Waals surface area contributed by atoms with E-state index in [2.05, 4.69) is 39.5 Å². The molecule has 0 unspecified atom stereocenters. The van der Waals surface area contributed by atoms with E-state index in [0.717, 1.165) is 30.3 Å². The first-order chi connectivity index (χ1) is 17.5. The second-order valence-electron chi connectivity index (χ2n) is 9.05. The minimum Gasteiger partial charge on any atom is -0.335 e. The van der Waals surface area contributed by atoms with Gasteiger partial charge < -0.3 is 15.1 Å². The van der Waals surface area contributed by atoms with Gasteiger partial charge in [0.2, 0.25) is 0 Å². The zero-order valence-electron chi connectivity index (χ0n) is 20.8. The molecule has 0 bridgehead atoms. The Bertz CT molecular complexity index is 1150. The van der Waals surface area contributed by atoms with Crippen molar-refractivity contribution in [3.63, 3.8) is 0 Å². The number of para-hydroxylation sites is 1. The van der Waals surface area contributed by atoms with Crippen LogP contribution in [0.15, 0.2) is 72.1 Å². The van der Waals surface area contributed by atoms with Crippen molar-refractivity contribution in [1.82, 2.24) is 19.7 Å². The second kappa shape index (κ2) is 12.5. The van der Waals surface area contributed by atoms with Crippen molar-refractivity contribution < 1.29 is 9.59 Å². The topological polar surface area (TPSA) is 68.8 Å². The number of carbonyl (C=O) groups is 2. The number of thiazole rings is 1. The first kappa shape index (κ1) is 25.6. The van der Waals surface area contributed by atoms with Crippen molar-refractivity contribution in [1.29, 1.82) is 0 Å². The van der Waals surface area contributed by atoms with Crippen LogP contribution in [0.3, 0.4) is 0 Å². The van der Waals surface area contributed by atoms with E-state index in [-0.39, 0.29) is 18.0 Å². The van der Waals surface area contributed by atoms with Crippen molar-refractivity contribution in [3.8, 4) is 0 Å². The molecule has 0 spiro atoms. The molecular weight excluding hydrogens is 470 g/mol. The van der Waals surface area contributed by atoms with Crippen LogP contribution in [0.4, 0.5) is 10.5 Å². The second-order valence-corrected chi connectivity index (χ2v) is 9.99. The minimum atomic E-state index is -0.184. The Morgan fingerprint density at radius 3 is 2.36 bits per heavy atom. The molecule has 4 rings (SSSR count). The molecule has 3 aromatic rings. The number of hydrogen-bond acceptors (Lipinski definition) is 5. The highest BCUT2D eigenvalue weighted by atomic mass is 32.1. The molecule has 0 aliphatic carbocycles. The van der Waals surface area contributed by atoms with E-state index in [1.54, 1.807) is 10.3 Å². The molecule has 2 heterocycles. The lowest BCUT2D eigenvalue weighted by molar-refractivity contribution is 0.0645. The molecule has 0 atom stereocenters. The average molecular weight is 504 g/mol. The maximum Gasteiger partial charge on any atom is 0.322 e. The van der Waals surface area contributed by atoms with Gasteiger partial charge in [-0.25, -0.2) is 9.78 Å². The first-order valence-corrected chi connectivity index (χ1v) is 13.2. The number of urea groups is 1. The number of benzene rings is 2. The molecule has 36 heavy (non-hydrogen) atoms. The molecule has 1 aliphatic rings. The normalized spacial score (nSPS) is 14.4. The highest BCUT2D eigenvalue weighted by molar-refractivity contribution is 7.09. The van der Waals surface area contributed by atoms with E-state index in [1.807, 2.05) is 67.3 Å². The Kier molecular flexibility index (Phi) is 8.86. The summed E-state index contributed by atoms with van der Waals surface area (Å²) in [5, 5.41) is 5.49. The Labute approximate surface area is 217 Å². The fourth-order valence-electron chi connectivity index (χ4n) is 4.03. The van der Waals surface area contributed by atoms with Crippen LogP contribution in [0.25, 0.3) is 6.08 Å². The summed E-state index contributed by atoms with van der Waals surface area (Å²) in [4.78, 5) is 36.4. The highest BCUT2D eigenvalue weighted by Crippen LogP contribution is 2.18. The van der Waals surface area contributed by atoms with Gasteiger partial charge in [0.15, 0.2) is 0 Å². The van der Waals surface area contributed by atoms with Crippen molar-refractivity contribution in [2.45, 2.75) is 26.4 Å². The van der Waals surface area contributed by atoms with Crippen molar-refractivity contribution in [2.75, 3.05) is 38.0 Å². The summed E-state index contributed by atoms with van der Waals surface area (Å²) in [6.45, 7) is 8.21. The van der Waals surface area contributed by atoms with E-state index in [4.69, 9.17) is 0 Å². The van der Waals surface area contributed by atoms with Gasteiger partial charge in [-0.2, -0.15) is 0 Å². The van der Waals surface area contributed by atoms with Gasteiger partial charge in [-0.1, -0.05) is 60.7 Å². The molecule has 1 aliphatic heterocycles. The fourth-order valence-corrected chi connectivity index (χ4v) is 4.80. The lowest BCUT2D eigenvalue weighted by atomic mass is 10.2. The van der Waals surface area contributed by atoms with Crippen molar-refractivity contribution >= 4 is 35.0 Å². The third-order valence-electron chi connectivity index (χ3n) is 6.12. The van der Waals surface area contributed by atoms with Crippen LogP contribution in [0.1, 0.15) is 34.9 Å². The van der Waals surface area contributed by atoms with Crippen LogP contribution in [0, 0.1) is 0 Å². The molecule has 1 aromatic heterocycles. The number of anilines is 1. The van der Waals surface area contributed by atoms with Gasteiger partial charge in [-0.3, -0.25) is 9.69 Å². The standard InChI is InChI=1S/C28H33N5O2S/c1-22(2)33(28(35)29-24-13-7-4-8-14-24)20-26-30-25(21-36-26)27(34)32-18-16-31(17-19-32)15-9-12-23-10-5-3-6-11-23/h3-14,21-22H,15-20H2,1-2H3,(H,29,35). The van der Waals surface area contributed by atoms with E-state index in [0.29, 0.717) is 25.3 Å². The summed E-state index contributed by atoms with van der Waals surface area (Å²) in [6, 6.07) is 19.5. The van der Waals surface area contributed by atoms with Crippen molar-refractivity contribution in [3.05, 3.63) is 88.4 Å². The van der Waals surface area contributed by atoms with Gasteiger partial charge >= 0.3 is 6.03 Å². The maximum atomic E-state index is 13.1. The molecule has 0 saturated carbocycles. The van der Waals surface area contributed by atoms with E-state index >= 15 is 0 Å². The van der Waals surface area contributed by atoms with Crippen LogP contribution >= 0.6 is 11.3 Å². The lowest BCUT2D eigenvalue weighted by Crippen LogP contribution is -2.48. The van der Waals surface area contributed by atoms with Gasteiger partial charge in [0.05, 0.1) is 6.54 Å².